The first-order valence-corrected chi connectivity index (χ1v) is 8.37. The molecule has 33 heavy (non-hydrogen) atoms. The first-order valence-electron chi connectivity index (χ1n) is 7.29. The Morgan fingerprint density at radius 1 is 0.636 bits per heavy atom. The van der Waals surface area contributed by atoms with E-state index in [1.54, 1.807) is 0 Å². The highest BCUT2D eigenvalue weighted by Crippen LogP contribution is 2.64. The first-order chi connectivity index (χ1) is 14.1. The Morgan fingerprint density at radius 3 is 1.24 bits per heavy atom. The topological polar surface area (TPSA) is 26.3 Å². The Bertz CT molecular complexity index is 767. The van der Waals surface area contributed by atoms with Gasteiger partial charge in [0.15, 0.2) is 0 Å². The van der Waals surface area contributed by atoms with E-state index in [1.807, 2.05) is 0 Å². The molecule has 0 aliphatic carbocycles. The average molecular weight is 644 g/mol. The lowest BCUT2D eigenvalue weighted by atomic mass is 9.88. The molecule has 0 rings (SSSR count). The van der Waals surface area contributed by atoms with Crippen LogP contribution in [-0.2, 0) is 9.53 Å². The van der Waals surface area contributed by atoms with Gasteiger partial charge in [-0.15, -0.1) is 0 Å². The number of rotatable bonds is 9. The molecule has 0 aromatic rings. The van der Waals surface area contributed by atoms with Crippen LogP contribution in [0.4, 0.5) is 74.6 Å². The molecule has 2 nitrogen and oxygen atoms in total. The van der Waals surface area contributed by atoms with Crippen LogP contribution in [0.1, 0.15) is 13.3 Å². The van der Waals surface area contributed by atoms with E-state index in [0.29, 0.717) is 29.5 Å². The van der Waals surface area contributed by atoms with Crippen molar-refractivity contribution in [2.75, 3.05) is 0 Å². The zero-order chi connectivity index (χ0) is 27.3. The number of hydrogen-bond acceptors (Lipinski definition) is 2. The monoisotopic (exact) mass is 644 g/mol. The number of alkyl halides is 17. The largest absolute Gasteiger partial charge is 0.460 e. The summed E-state index contributed by atoms with van der Waals surface area (Å²) in [6, 6.07) is 0. The van der Waals surface area contributed by atoms with Crippen molar-refractivity contribution in [3.8, 4) is 0 Å². The number of halogens is 18. The van der Waals surface area contributed by atoms with E-state index in [1.165, 1.54) is 0 Å². The van der Waals surface area contributed by atoms with Gasteiger partial charge in [0, 0.05) is 10.5 Å². The second-order valence-corrected chi connectivity index (χ2v) is 7.39. The van der Waals surface area contributed by atoms with Gasteiger partial charge in [0.2, 0.25) is 0 Å². The Morgan fingerprint density at radius 2 is 0.939 bits per heavy atom. The van der Waals surface area contributed by atoms with E-state index < -0.39 is 63.6 Å². The van der Waals surface area contributed by atoms with E-state index in [2.05, 4.69) is 4.74 Å². The highest BCUT2D eigenvalue weighted by molar-refractivity contribution is 14.1. The van der Waals surface area contributed by atoms with Gasteiger partial charge in [-0.2, -0.15) is 74.6 Å². The molecule has 196 valence electrons. The number of carbonyl (C=O) groups is 1. The van der Waals surface area contributed by atoms with Crippen molar-refractivity contribution in [2.45, 2.75) is 61.0 Å². The third-order valence-electron chi connectivity index (χ3n) is 3.53. The van der Waals surface area contributed by atoms with E-state index in [9.17, 15) is 79.4 Å². The van der Waals surface area contributed by atoms with Crippen molar-refractivity contribution in [3.63, 3.8) is 0 Å². The normalized spacial score (nSPS) is 16.2. The number of ether oxygens (including phenoxy) is 1. The van der Waals surface area contributed by atoms with Gasteiger partial charge in [-0.1, -0.05) is 0 Å². The summed E-state index contributed by atoms with van der Waals surface area (Å²) in [4.78, 5) is 10.4. The summed E-state index contributed by atoms with van der Waals surface area (Å²) in [5.74, 6) is -58.0. The second-order valence-electron chi connectivity index (χ2n) is 6.00. The van der Waals surface area contributed by atoms with Gasteiger partial charge in [0.1, 0.15) is 6.26 Å². The molecule has 0 aromatic carbocycles. The minimum Gasteiger partial charge on any atom is -0.434 e. The van der Waals surface area contributed by atoms with Crippen LogP contribution >= 0.6 is 22.6 Å². The molecule has 0 aliphatic rings. The van der Waals surface area contributed by atoms with Crippen molar-refractivity contribution < 1.29 is 84.2 Å². The van der Waals surface area contributed by atoms with Crippen LogP contribution in [0.15, 0.2) is 9.84 Å². The second kappa shape index (κ2) is 8.76. The number of hydrogen-bond donors (Lipinski definition) is 0. The Kier molecular flexibility index (Phi) is 8.42. The zero-order valence-corrected chi connectivity index (χ0v) is 17.1. The zero-order valence-electron chi connectivity index (χ0n) is 14.9. The van der Waals surface area contributed by atoms with Crippen molar-refractivity contribution in [1.29, 1.82) is 0 Å². The molecule has 0 saturated heterocycles. The van der Waals surface area contributed by atoms with Gasteiger partial charge in [0.05, 0.1) is 6.42 Å². The van der Waals surface area contributed by atoms with Crippen molar-refractivity contribution in [3.05, 3.63) is 9.84 Å². The minimum atomic E-state index is -8.66. The molecular weight excluding hydrogens is 638 g/mol. The summed E-state index contributed by atoms with van der Waals surface area (Å²) in [6.07, 6.45) is -10.7. The molecule has 0 radical (unpaired) electrons. The average Bonchev–Trinajstić information content (AvgIpc) is 2.57. The molecule has 0 heterocycles. The summed E-state index contributed by atoms with van der Waals surface area (Å²) >= 11 is 0.583. The maximum atomic E-state index is 13.6. The van der Waals surface area contributed by atoms with Crippen LogP contribution in [0, 0.1) is 0 Å². The standard InChI is InChI=1S/C13H6F17IO2/c1-4(32)33-3-5(31)2-6(14,15)7(16,17)8(18,19)9(20,21)10(22,23)11(24,25)12(26,27)13(28,29)30/h3H,2H2,1H3/b5-3-. The van der Waals surface area contributed by atoms with Gasteiger partial charge in [-0.05, 0) is 22.6 Å². The summed E-state index contributed by atoms with van der Waals surface area (Å²) in [5, 5.41) is 0. The van der Waals surface area contributed by atoms with E-state index in [0.717, 1.165) is 0 Å². The molecule has 0 atom stereocenters. The highest BCUT2D eigenvalue weighted by Gasteiger charge is 2.95. The maximum Gasteiger partial charge on any atom is 0.460 e. The molecule has 0 N–H and O–H groups in total. The molecular formula is C13H6F17IO2. The molecule has 20 heteroatoms. The van der Waals surface area contributed by atoms with Gasteiger partial charge >= 0.3 is 53.6 Å². The fourth-order valence-corrected chi connectivity index (χ4v) is 2.31. The number of allylic oxidation sites excluding steroid dienone is 1. The molecule has 0 saturated carbocycles. The third kappa shape index (κ3) is 4.94. The molecule has 0 bridgehead atoms. The van der Waals surface area contributed by atoms with Crippen LogP contribution < -0.4 is 0 Å². The summed E-state index contributed by atoms with van der Waals surface area (Å²) < 4.78 is 225. The van der Waals surface area contributed by atoms with Crippen LogP contribution in [0.5, 0.6) is 0 Å². The maximum absolute atomic E-state index is 13.6. The molecule has 0 fully saturated rings. The third-order valence-corrected chi connectivity index (χ3v) is 4.17. The fraction of sp³-hybridized carbons (Fsp3) is 0.769. The minimum absolute atomic E-state index is 0.115. The Labute approximate surface area is 184 Å². The number of esters is 1. The van der Waals surface area contributed by atoms with Crippen LogP contribution in [-0.4, -0.2) is 53.6 Å². The van der Waals surface area contributed by atoms with E-state index >= 15 is 0 Å². The molecule has 0 amide bonds. The molecule has 0 unspecified atom stereocenters. The van der Waals surface area contributed by atoms with Crippen molar-refractivity contribution in [1.82, 2.24) is 0 Å². The van der Waals surface area contributed by atoms with Crippen LogP contribution in [0.25, 0.3) is 0 Å². The lowest BCUT2D eigenvalue weighted by Crippen LogP contribution is -2.74. The van der Waals surface area contributed by atoms with Gasteiger partial charge in [-0.3, -0.25) is 4.79 Å². The summed E-state index contributed by atoms with van der Waals surface area (Å²) in [6.45, 7) is 0.598. The predicted octanol–water partition coefficient (Wildman–Crippen LogP) is 7.23. The van der Waals surface area contributed by atoms with E-state index in [4.69, 9.17) is 0 Å². The van der Waals surface area contributed by atoms with Gasteiger partial charge < -0.3 is 4.74 Å². The van der Waals surface area contributed by atoms with Gasteiger partial charge in [-0.25, -0.2) is 0 Å². The Balaban J connectivity index is 6.58. The van der Waals surface area contributed by atoms with Crippen LogP contribution in [0.3, 0.4) is 0 Å². The van der Waals surface area contributed by atoms with Gasteiger partial charge in [0.25, 0.3) is 0 Å². The number of carbonyl (C=O) groups excluding carboxylic acids is 1. The summed E-state index contributed by atoms with van der Waals surface area (Å²) in [5.41, 5.74) is 0. The fourth-order valence-electron chi connectivity index (χ4n) is 1.71. The van der Waals surface area contributed by atoms with E-state index in [-0.39, 0.29) is 6.26 Å². The molecule has 0 aliphatic heterocycles. The quantitative estimate of drug-likeness (QED) is 0.115. The van der Waals surface area contributed by atoms with Crippen molar-refractivity contribution >= 4 is 28.6 Å². The highest BCUT2D eigenvalue weighted by atomic mass is 127. The molecule has 0 aromatic heterocycles. The lowest BCUT2D eigenvalue weighted by Gasteiger charge is -2.42. The van der Waals surface area contributed by atoms with Crippen LogP contribution in [0.2, 0.25) is 0 Å². The SMILES string of the molecule is CC(=O)O/C=C(\I)CC(F)(F)C(F)(F)C(F)(F)C(F)(F)C(F)(F)C(F)(F)C(F)(F)C(F)(F)F. The predicted molar refractivity (Wildman–Crippen MR) is 79.2 cm³/mol. The molecule has 0 spiro atoms. The lowest BCUT2D eigenvalue weighted by molar-refractivity contribution is -0.461. The summed E-state index contributed by atoms with van der Waals surface area (Å²) in [7, 11) is 0. The smallest absolute Gasteiger partial charge is 0.434 e. The first kappa shape index (κ1) is 31.8. The van der Waals surface area contributed by atoms with Crippen molar-refractivity contribution in [2.24, 2.45) is 0 Å². The Hall–Kier alpha value is -1.25.